The fourth-order valence-corrected chi connectivity index (χ4v) is 7.71. The van der Waals surface area contributed by atoms with Gasteiger partial charge in [-0.1, -0.05) is 83.6 Å². The molecule has 0 saturated heterocycles. The van der Waals surface area contributed by atoms with Crippen molar-refractivity contribution < 1.29 is 35.7 Å². The number of aryl methyl sites for hydroxylation is 1. The minimum Gasteiger partial charge on any atom is -0.497 e. The smallest absolute Gasteiger partial charge is 0.188 e. The van der Waals surface area contributed by atoms with Gasteiger partial charge >= 0.3 is 130 Å². The van der Waals surface area contributed by atoms with Crippen LogP contribution in [0.25, 0.3) is 9.69 Å². The number of nitrogens with two attached hydrogens (primary N) is 1. The van der Waals surface area contributed by atoms with Gasteiger partial charge in [0.2, 0.25) is 0 Å². The Kier molecular flexibility index (Phi) is 23.5. The number of halogens is 2. The Morgan fingerprint density at radius 1 is 0.600 bits per heavy atom. The molecular weight excluding hydrogens is 922 g/mol. The van der Waals surface area contributed by atoms with Gasteiger partial charge in [0.05, 0.1) is 27.4 Å². The molecule has 0 unspecified atom stereocenters. The normalized spacial score (nSPS) is 9.53. The van der Waals surface area contributed by atoms with Crippen molar-refractivity contribution in [1.82, 2.24) is 0 Å². The predicted octanol–water partition coefficient (Wildman–Crippen LogP) is 10.4. The van der Waals surface area contributed by atoms with E-state index < -0.39 is 0 Å². The first-order valence-corrected chi connectivity index (χ1v) is 21.9. The molecule has 0 heterocycles. The number of thiol groups is 1. The topological polar surface area (TPSA) is 62.4 Å². The van der Waals surface area contributed by atoms with E-state index in [-0.39, 0.29) is 28.9 Å². The summed E-state index contributed by atoms with van der Waals surface area (Å²) < 4.78 is 23.1. The molecule has 0 radical (unpaired) electrons. The zero-order valence-corrected chi connectivity index (χ0v) is 36.3. The first-order valence-electron chi connectivity index (χ1n) is 16.2. The molecule has 2 N–H and O–H groups in total. The van der Waals surface area contributed by atoms with Crippen LogP contribution < -0.4 is 39.6 Å². The number of benzene rings is 6. The average molecular weight is 966 g/mol. The van der Waals surface area contributed by atoms with E-state index in [1.807, 2.05) is 97.1 Å². The number of hydrogen-bond donors (Lipinski definition) is 2. The molecule has 0 atom stereocenters. The summed E-state index contributed by atoms with van der Waals surface area (Å²) in [4.78, 5) is 12.2. The molecule has 0 aliphatic rings. The van der Waals surface area contributed by atoms with E-state index in [0.717, 1.165) is 47.3 Å². The van der Waals surface area contributed by atoms with E-state index in [9.17, 15) is 0 Å². The first kappa shape index (κ1) is 47.1. The van der Waals surface area contributed by atoms with Crippen LogP contribution in [-0.4, -0.2) is 25.8 Å². The summed E-state index contributed by atoms with van der Waals surface area (Å²) in [6.07, 6.45) is 1.09. The van der Waals surface area contributed by atoms with Crippen molar-refractivity contribution in [2.45, 2.75) is 38.3 Å². The molecule has 55 heavy (non-hydrogen) atoms. The SMILES string of the molecule is C.COc1cccc(S)c1.COc1cccc(Sc2cccc(CC[I-]N)c2)c1.[C-]#[N+]c1cccc(Br)c1.[C-]#[N+]c1cccc(Sc2cccc(OC)c2)c1. The van der Waals surface area contributed by atoms with Crippen molar-refractivity contribution in [3.63, 3.8) is 0 Å². The van der Waals surface area contributed by atoms with Gasteiger partial charge in [-0.25, -0.2) is 9.69 Å². The standard InChI is InChI=1S/C15H17INOS.C14H11NOS.C7H4BrN.C7H8OS.CH4/c1-18-13-5-3-7-15(11-13)19-14-6-2-4-12(10-14)8-9-16-17;1-15-11-5-3-7-13(9-11)17-14-8-4-6-12(10-14)16-2;1-9-7-4-2-3-6(8)5-7;1-8-6-3-2-4-7(9)5-6;/h2-7,10-11H,8-9,17H2,1H3;3-10H,2H3;2-5H;2-5,9H,1H3;1H4/q-1;;;;. The molecule has 11 heteroatoms. The molecule has 6 nitrogen and oxygen atoms in total. The Hall–Kier alpha value is -4.08. The van der Waals surface area contributed by atoms with Crippen LogP contribution in [0.3, 0.4) is 0 Å². The minimum absolute atomic E-state index is 0. The Labute approximate surface area is 360 Å². The number of alkyl halides is 1. The quantitative estimate of drug-likeness (QED) is 0.0469. The molecule has 0 fully saturated rings. The molecule has 286 valence electrons. The summed E-state index contributed by atoms with van der Waals surface area (Å²) in [6, 6.07) is 47.2. The molecule has 6 aromatic rings. The second-order valence-corrected chi connectivity index (χ2v) is 16.4. The van der Waals surface area contributed by atoms with E-state index in [0.29, 0.717) is 11.4 Å². The molecule has 6 rings (SSSR count). The summed E-state index contributed by atoms with van der Waals surface area (Å²) in [7, 11) is 4.99. The van der Waals surface area contributed by atoms with Gasteiger partial charge in [0, 0.05) is 19.2 Å². The largest absolute Gasteiger partial charge is 0.497 e. The van der Waals surface area contributed by atoms with Gasteiger partial charge in [0.1, 0.15) is 11.5 Å². The van der Waals surface area contributed by atoms with E-state index in [1.165, 1.54) is 15.4 Å². The van der Waals surface area contributed by atoms with Gasteiger partial charge in [0.25, 0.3) is 0 Å². The van der Waals surface area contributed by atoms with E-state index in [2.05, 4.69) is 74.6 Å². The minimum atomic E-state index is -0.108. The van der Waals surface area contributed by atoms with Crippen molar-refractivity contribution in [3.05, 3.63) is 178 Å². The van der Waals surface area contributed by atoms with Gasteiger partial charge in [-0.05, 0) is 48.5 Å². The Morgan fingerprint density at radius 3 is 1.49 bits per heavy atom. The maximum atomic E-state index is 6.98. The van der Waals surface area contributed by atoms with Crippen molar-refractivity contribution in [2.24, 2.45) is 3.95 Å². The fourth-order valence-electron chi connectivity index (χ4n) is 4.30. The number of ether oxygens (including phenoxy) is 3. The van der Waals surface area contributed by atoms with Crippen molar-refractivity contribution in [2.75, 3.05) is 25.8 Å². The maximum absolute atomic E-state index is 6.98. The number of nitrogens with zero attached hydrogens (tertiary/aromatic N) is 2. The number of rotatable bonds is 10. The third-order valence-corrected chi connectivity index (χ3v) is 10.8. The molecule has 6 aromatic carbocycles. The Balaban J connectivity index is 0.000000265. The summed E-state index contributed by atoms with van der Waals surface area (Å²) in [5.41, 5.74) is 2.71. The van der Waals surface area contributed by atoms with Gasteiger partial charge in [-0.2, -0.15) is 0 Å². The van der Waals surface area contributed by atoms with Gasteiger partial charge in [0.15, 0.2) is 11.4 Å². The van der Waals surface area contributed by atoms with Crippen molar-refractivity contribution in [1.29, 1.82) is 0 Å². The Morgan fingerprint density at radius 2 is 1.04 bits per heavy atom. The summed E-state index contributed by atoms with van der Waals surface area (Å²) in [6.45, 7) is 13.6. The zero-order valence-electron chi connectivity index (χ0n) is 30.0. The van der Waals surface area contributed by atoms with Crippen molar-refractivity contribution >= 4 is 63.5 Å². The maximum Gasteiger partial charge on any atom is 0.188 e. The first-order chi connectivity index (χ1) is 26.3. The zero-order chi connectivity index (χ0) is 39.0. The molecule has 0 aliphatic heterocycles. The van der Waals surface area contributed by atoms with E-state index in [4.69, 9.17) is 31.3 Å². The third kappa shape index (κ3) is 18.9. The van der Waals surface area contributed by atoms with Crippen LogP contribution in [0.5, 0.6) is 17.2 Å². The van der Waals surface area contributed by atoms with Crippen LogP contribution in [0.4, 0.5) is 11.4 Å². The van der Waals surface area contributed by atoms with Gasteiger partial charge in [-0.3, -0.25) is 0 Å². The average Bonchev–Trinajstić information content (AvgIpc) is 3.21. The molecular formula is C44H44BrIN3O3S3-. The van der Waals surface area contributed by atoms with Crippen LogP contribution in [0, 0.1) is 13.1 Å². The molecule has 0 amide bonds. The second-order valence-electron chi connectivity index (χ2n) is 10.7. The van der Waals surface area contributed by atoms with Crippen LogP contribution in [0.2, 0.25) is 0 Å². The van der Waals surface area contributed by atoms with Crippen LogP contribution >= 0.6 is 52.1 Å². The number of methoxy groups -OCH3 is 3. The van der Waals surface area contributed by atoms with Crippen molar-refractivity contribution in [3.8, 4) is 17.2 Å². The molecule has 0 aromatic heterocycles. The van der Waals surface area contributed by atoms with Crippen LogP contribution in [0.15, 0.2) is 175 Å². The molecule has 0 saturated carbocycles. The van der Waals surface area contributed by atoms with Crippen LogP contribution in [0.1, 0.15) is 13.0 Å². The molecule has 0 spiro atoms. The van der Waals surface area contributed by atoms with Gasteiger partial charge in [-0.15, -0.1) is 12.6 Å². The Bertz CT molecular complexity index is 2130. The second kappa shape index (κ2) is 27.5. The van der Waals surface area contributed by atoms with Crippen LogP contribution in [-0.2, 0) is 6.42 Å². The predicted molar refractivity (Wildman–Crippen MR) is 234 cm³/mol. The van der Waals surface area contributed by atoms with E-state index >= 15 is 0 Å². The summed E-state index contributed by atoms with van der Waals surface area (Å²) in [5.74, 6) is 2.59. The van der Waals surface area contributed by atoms with Gasteiger partial charge < -0.3 is 9.47 Å². The van der Waals surface area contributed by atoms with E-state index in [1.54, 1.807) is 57.0 Å². The summed E-state index contributed by atoms with van der Waals surface area (Å²) >= 11 is 10.7. The monoisotopic (exact) mass is 964 g/mol. The number of hydrogen-bond acceptors (Lipinski definition) is 7. The third-order valence-electron chi connectivity index (χ3n) is 6.88. The fraction of sp³-hybridized carbons (Fsp3) is 0.136. The molecule has 0 bridgehead atoms. The summed E-state index contributed by atoms with van der Waals surface area (Å²) in [5, 5.41) is 0. The molecule has 0 aliphatic carbocycles.